The van der Waals surface area contributed by atoms with Crippen LogP contribution in [0.1, 0.15) is 30.8 Å². The standard InChI is InChI=1S/C18H23N3O2S/c1-12(2)17(18(22)23-10-14-7-5-4-6-8-14)21-16(24)9-15-13(3)19-11-20-15/h4-8,11-12,17H,9-10H2,1-3H3,(H,19,20)(H,21,24)/t17-/m0/s1. The number of rotatable bonds is 7. The first-order valence-corrected chi connectivity index (χ1v) is 8.37. The predicted octanol–water partition coefficient (Wildman–Crippen LogP) is 2.95. The van der Waals surface area contributed by atoms with Crippen molar-refractivity contribution in [2.24, 2.45) is 5.92 Å². The van der Waals surface area contributed by atoms with Gasteiger partial charge in [-0.15, -0.1) is 0 Å². The van der Waals surface area contributed by atoms with E-state index in [-0.39, 0.29) is 18.5 Å². The van der Waals surface area contributed by atoms with Crippen molar-refractivity contribution in [3.05, 3.63) is 53.6 Å². The maximum absolute atomic E-state index is 12.4. The van der Waals surface area contributed by atoms with Crippen LogP contribution in [0.15, 0.2) is 36.7 Å². The highest BCUT2D eigenvalue weighted by Crippen LogP contribution is 2.09. The summed E-state index contributed by atoms with van der Waals surface area (Å²) in [6.07, 6.45) is 2.14. The smallest absolute Gasteiger partial charge is 0.329 e. The quantitative estimate of drug-likeness (QED) is 0.596. The second kappa shape index (κ2) is 8.59. The van der Waals surface area contributed by atoms with Crippen molar-refractivity contribution in [1.82, 2.24) is 15.3 Å². The van der Waals surface area contributed by atoms with Crippen LogP contribution < -0.4 is 5.32 Å². The van der Waals surface area contributed by atoms with Crippen LogP contribution in [-0.2, 0) is 22.6 Å². The van der Waals surface area contributed by atoms with E-state index in [2.05, 4.69) is 15.3 Å². The lowest BCUT2D eigenvalue weighted by atomic mass is 10.0. The molecule has 0 radical (unpaired) electrons. The number of nitrogens with zero attached hydrogens (tertiary/aromatic N) is 1. The minimum atomic E-state index is -0.472. The molecule has 2 N–H and O–H groups in total. The molecule has 1 atom stereocenters. The van der Waals surface area contributed by atoms with E-state index in [9.17, 15) is 4.79 Å². The van der Waals surface area contributed by atoms with Crippen LogP contribution in [0.4, 0.5) is 0 Å². The second-order valence-corrected chi connectivity index (χ2v) is 6.53. The molecular formula is C18H23N3O2S. The minimum Gasteiger partial charge on any atom is -0.459 e. The maximum atomic E-state index is 12.4. The number of aryl methyl sites for hydroxylation is 1. The number of thiocarbonyl (C=S) groups is 1. The number of aromatic nitrogens is 2. The van der Waals surface area contributed by atoms with E-state index in [4.69, 9.17) is 17.0 Å². The Morgan fingerprint density at radius 3 is 2.62 bits per heavy atom. The summed E-state index contributed by atoms with van der Waals surface area (Å²) < 4.78 is 5.43. The Morgan fingerprint density at radius 1 is 1.33 bits per heavy atom. The van der Waals surface area contributed by atoms with Gasteiger partial charge in [-0.2, -0.15) is 0 Å². The highest BCUT2D eigenvalue weighted by atomic mass is 32.1. The van der Waals surface area contributed by atoms with Crippen molar-refractivity contribution in [2.75, 3.05) is 0 Å². The molecule has 0 aliphatic heterocycles. The van der Waals surface area contributed by atoms with Gasteiger partial charge in [0.25, 0.3) is 0 Å². The number of hydrogen-bond acceptors (Lipinski definition) is 4. The Morgan fingerprint density at radius 2 is 2.04 bits per heavy atom. The molecule has 0 spiro atoms. The number of nitrogens with one attached hydrogen (secondary N) is 2. The molecule has 0 aliphatic carbocycles. The fourth-order valence-electron chi connectivity index (χ4n) is 2.26. The van der Waals surface area contributed by atoms with Crippen LogP contribution >= 0.6 is 12.2 Å². The number of H-pyrrole nitrogens is 1. The topological polar surface area (TPSA) is 67.0 Å². The molecular weight excluding hydrogens is 322 g/mol. The van der Waals surface area contributed by atoms with E-state index in [0.29, 0.717) is 11.4 Å². The Labute approximate surface area is 147 Å². The van der Waals surface area contributed by atoms with Gasteiger partial charge in [0.2, 0.25) is 0 Å². The van der Waals surface area contributed by atoms with Gasteiger partial charge in [0.15, 0.2) is 0 Å². The van der Waals surface area contributed by atoms with Gasteiger partial charge in [-0.05, 0) is 18.4 Å². The van der Waals surface area contributed by atoms with Crippen molar-refractivity contribution < 1.29 is 9.53 Å². The molecule has 0 aliphatic rings. The number of hydrogen-bond donors (Lipinski definition) is 2. The molecule has 128 valence electrons. The average Bonchev–Trinajstić information content (AvgIpc) is 2.96. The van der Waals surface area contributed by atoms with Crippen molar-refractivity contribution >= 4 is 23.2 Å². The fraction of sp³-hybridized carbons (Fsp3) is 0.389. The summed E-state index contributed by atoms with van der Waals surface area (Å²) in [5.41, 5.74) is 2.82. The molecule has 0 saturated carbocycles. The number of carbonyl (C=O) groups is 1. The summed E-state index contributed by atoms with van der Waals surface area (Å²) in [7, 11) is 0. The third-order valence-electron chi connectivity index (χ3n) is 3.72. The normalized spacial score (nSPS) is 12.0. The zero-order valence-corrected chi connectivity index (χ0v) is 15.0. The van der Waals surface area contributed by atoms with Gasteiger partial charge < -0.3 is 15.0 Å². The average molecular weight is 345 g/mol. The van der Waals surface area contributed by atoms with Crippen LogP contribution in [0, 0.1) is 12.8 Å². The molecule has 1 aromatic heterocycles. The van der Waals surface area contributed by atoms with Crippen molar-refractivity contribution in [3.8, 4) is 0 Å². The molecule has 5 nitrogen and oxygen atoms in total. The first-order valence-electron chi connectivity index (χ1n) is 7.96. The molecule has 24 heavy (non-hydrogen) atoms. The van der Waals surface area contributed by atoms with E-state index < -0.39 is 6.04 Å². The largest absolute Gasteiger partial charge is 0.459 e. The van der Waals surface area contributed by atoms with Gasteiger partial charge in [0.05, 0.1) is 17.0 Å². The summed E-state index contributed by atoms with van der Waals surface area (Å²) in [4.78, 5) is 20.2. The van der Waals surface area contributed by atoms with Crippen molar-refractivity contribution in [1.29, 1.82) is 0 Å². The minimum absolute atomic E-state index is 0.0616. The second-order valence-electron chi connectivity index (χ2n) is 6.03. The lowest BCUT2D eigenvalue weighted by Gasteiger charge is -2.22. The molecule has 0 saturated heterocycles. The Hall–Kier alpha value is -2.21. The summed E-state index contributed by atoms with van der Waals surface area (Å²) >= 11 is 5.38. The third-order valence-corrected chi connectivity index (χ3v) is 3.99. The van der Waals surface area contributed by atoms with Crippen LogP contribution in [0.5, 0.6) is 0 Å². The van der Waals surface area contributed by atoms with Gasteiger partial charge in [-0.3, -0.25) is 0 Å². The lowest BCUT2D eigenvalue weighted by molar-refractivity contribution is -0.148. The molecule has 6 heteroatoms. The molecule has 0 fully saturated rings. The molecule has 0 amide bonds. The van der Waals surface area contributed by atoms with Gasteiger partial charge >= 0.3 is 5.97 Å². The molecule has 2 rings (SSSR count). The molecule has 0 bridgehead atoms. The molecule has 0 unspecified atom stereocenters. The highest BCUT2D eigenvalue weighted by Gasteiger charge is 2.24. The van der Waals surface area contributed by atoms with Crippen molar-refractivity contribution in [2.45, 2.75) is 39.8 Å². The number of benzene rings is 1. The summed E-state index contributed by atoms with van der Waals surface area (Å²) in [5, 5.41) is 3.12. The van der Waals surface area contributed by atoms with Gasteiger partial charge in [-0.1, -0.05) is 56.4 Å². The maximum Gasteiger partial charge on any atom is 0.329 e. The summed E-state index contributed by atoms with van der Waals surface area (Å²) in [6, 6.07) is 9.15. The van der Waals surface area contributed by atoms with E-state index >= 15 is 0 Å². The molecule has 2 aromatic rings. The van der Waals surface area contributed by atoms with Crippen LogP contribution in [-0.4, -0.2) is 27.0 Å². The third kappa shape index (κ3) is 5.16. The van der Waals surface area contributed by atoms with Crippen LogP contribution in [0.25, 0.3) is 0 Å². The predicted molar refractivity (Wildman–Crippen MR) is 97.6 cm³/mol. The summed E-state index contributed by atoms with van der Waals surface area (Å²) in [5.74, 6) is -0.235. The van der Waals surface area contributed by atoms with Gasteiger partial charge in [-0.25, -0.2) is 9.78 Å². The zero-order valence-electron chi connectivity index (χ0n) is 14.2. The fourth-order valence-corrected chi connectivity index (χ4v) is 2.52. The monoisotopic (exact) mass is 345 g/mol. The van der Waals surface area contributed by atoms with Gasteiger partial charge in [0, 0.05) is 12.1 Å². The van der Waals surface area contributed by atoms with E-state index in [1.54, 1.807) is 6.33 Å². The Balaban J connectivity index is 1.91. The number of esters is 1. The number of imidazole rings is 1. The molecule has 1 aromatic carbocycles. The van der Waals surface area contributed by atoms with E-state index in [1.807, 2.05) is 51.1 Å². The molecule has 1 heterocycles. The Kier molecular flexibility index (Phi) is 6.49. The summed E-state index contributed by atoms with van der Waals surface area (Å²) in [6.45, 7) is 6.13. The first kappa shape index (κ1) is 18.1. The number of aromatic amines is 1. The van der Waals surface area contributed by atoms with Crippen LogP contribution in [0.3, 0.4) is 0 Å². The SMILES string of the molecule is Cc1[nH]cnc1CC(=S)N[C@H](C(=O)OCc1ccccc1)C(C)C. The van der Waals surface area contributed by atoms with Gasteiger partial charge in [0.1, 0.15) is 12.6 Å². The highest BCUT2D eigenvalue weighted by molar-refractivity contribution is 7.80. The zero-order chi connectivity index (χ0) is 17.5. The van der Waals surface area contributed by atoms with Crippen LogP contribution in [0.2, 0.25) is 0 Å². The number of ether oxygens (including phenoxy) is 1. The van der Waals surface area contributed by atoms with E-state index in [0.717, 1.165) is 17.0 Å². The first-order chi connectivity index (χ1) is 11.5. The Bertz CT molecular complexity index is 683. The van der Waals surface area contributed by atoms with Crippen molar-refractivity contribution in [3.63, 3.8) is 0 Å². The number of carbonyl (C=O) groups excluding carboxylic acids is 1. The lowest BCUT2D eigenvalue weighted by Crippen LogP contribution is -2.45. The van der Waals surface area contributed by atoms with E-state index in [1.165, 1.54) is 0 Å².